The van der Waals surface area contributed by atoms with Gasteiger partial charge < -0.3 is 10.2 Å². The molecule has 0 radical (unpaired) electrons. The number of ketones is 2. The van der Waals surface area contributed by atoms with Gasteiger partial charge in [-0.1, -0.05) is 48.5 Å². The van der Waals surface area contributed by atoms with Crippen LogP contribution in [0.5, 0.6) is 0 Å². The Labute approximate surface area is 151 Å². The predicted molar refractivity (Wildman–Crippen MR) is 97.9 cm³/mol. The zero-order valence-corrected chi connectivity index (χ0v) is 16.9. The Morgan fingerprint density at radius 1 is 0.920 bits per heavy atom. The monoisotopic (exact) mass is 354 g/mol. The van der Waals surface area contributed by atoms with Crippen molar-refractivity contribution in [3.63, 3.8) is 0 Å². The molecule has 0 aromatic heterocycles. The zero-order valence-electron chi connectivity index (χ0n) is 16.9. The average molecular weight is 354 g/mol. The van der Waals surface area contributed by atoms with E-state index in [2.05, 4.69) is 5.32 Å². The van der Waals surface area contributed by atoms with Crippen molar-refractivity contribution in [3.05, 3.63) is 0 Å². The summed E-state index contributed by atoms with van der Waals surface area (Å²) in [6, 6.07) is 0. The predicted octanol–water partition coefficient (Wildman–Crippen LogP) is 2.06. The molecule has 1 atom stereocenters. The maximum atomic E-state index is 12.4. The van der Waals surface area contributed by atoms with Crippen LogP contribution in [0.1, 0.15) is 54.9 Å². The molecule has 6 nitrogen and oxygen atoms in total. The number of nitrogens with one attached hydrogen (secondary N) is 1. The molecule has 0 aromatic carbocycles. The minimum Gasteiger partial charge on any atom is -0.349 e. The number of hydrogen-bond donors (Lipinski definition) is 1. The fraction of sp³-hybridized carbons (Fsp3) is 0.789. The Bertz CT molecular complexity index is 510. The largest absolute Gasteiger partial charge is 0.349 e. The molecular formula is C19H34N2O4. The van der Waals surface area contributed by atoms with Gasteiger partial charge in [0.05, 0.1) is 13.1 Å². The Kier molecular flexibility index (Phi) is 9.02. The van der Waals surface area contributed by atoms with Crippen molar-refractivity contribution in [1.82, 2.24) is 10.2 Å². The highest BCUT2D eigenvalue weighted by Gasteiger charge is 2.32. The van der Waals surface area contributed by atoms with Crippen molar-refractivity contribution in [1.29, 1.82) is 0 Å². The number of hydrogen-bond acceptors (Lipinski definition) is 4. The molecule has 0 fully saturated rings. The molecule has 2 amide bonds. The van der Waals surface area contributed by atoms with E-state index in [1.165, 1.54) is 4.90 Å². The molecule has 0 aliphatic heterocycles. The van der Waals surface area contributed by atoms with Gasteiger partial charge in [-0.15, -0.1) is 0 Å². The van der Waals surface area contributed by atoms with E-state index in [1.54, 1.807) is 55.5 Å². The maximum absolute atomic E-state index is 12.4. The summed E-state index contributed by atoms with van der Waals surface area (Å²) >= 11 is 0. The summed E-state index contributed by atoms with van der Waals surface area (Å²) in [5, 5.41) is 2.66. The number of rotatable bonds is 10. The lowest BCUT2D eigenvalue weighted by Crippen LogP contribution is -2.43. The molecule has 0 rings (SSSR count). The fourth-order valence-electron chi connectivity index (χ4n) is 2.49. The van der Waals surface area contributed by atoms with Gasteiger partial charge in [0.25, 0.3) is 0 Å². The number of Topliss-reactive ketones (excluding diaryl/α,β-unsaturated/α-hetero) is 2. The summed E-state index contributed by atoms with van der Waals surface area (Å²) in [6.07, 6.45) is 0.358. The Balaban J connectivity index is 4.66. The summed E-state index contributed by atoms with van der Waals surface area (Å²) in [4.78, 5) is 49.6. The number of carbonyl (C=O) groups is 4. The van der Waals surface area contributed by atoms with E-state index in [-0.39, 0.29) is 54.2 Å². The molecule has 0 heterocycles. The van der Waals surface area contributed by atoms with Gasteiger partial charge >= 0.3 is 0 Å². The van der Waals surface area contributed by atoms with Crippen LogP contribution in [0.3, 0.4) is 0 Å². The SMILES string of the molecule is CC(C)C(=O)CNC(=O)C(C)(C)CC(C)C(=O)CN(C)C(=O)C(C)C. The van der Waals surface area contributed by atoms with Gasteiger partial charge in [0.1, 0.15) is 0 Å². The van der Waals surface area contributed by atoms with Gasteiger partial charge in [-0.2, -0.15) is 0 Å². The summed E-state index contributed by atoms with van der Waals surface area (Å²) in [5.41, 5.74) is -0.771. The zero-order chi connectivity index (χ0) is 19.9. The van der Waals surface area contributed by atoms with Crippen molar-refractivity contribution in [2.45, 2.75) is 54.9 Å². The summed E-state index contributed by atoms with van der Waals surface area (Å²) in [7, 11) is 1.61. The van der Waals surface area contributed by atoms with Gasteiger partial charge in [0.15, 0.2) is 11.6 Å². The van der Waals surface area contributed by atoms with Crippen molar-refractivity contribution in [2.24, 2.45) is 23.2 Å². The van der Waals surface area contributed by atoms with E-state index < -0.39 is 5.41 Å². The fourth-order valence-corrected chi connectivity index (χ4v) is 2.49. The Hall–Kier alpha value is -1.72. The third kappa shape index (κ3) is 7.80. The summed E-state index contributed by atoms with van der Waals surface area (Å²) in [5.74, 6) is -1.06. The molecule has 0 saturated heterocycles. The van der Waals surface area contributed by atoms with E-state index in [0.29, 0.717) is 6.42 Å². The second-order valence-corrected chi connectivity index (χ2v) is 8.11. The van der Waals surface area contributed by atoms with Crippen LogP contribution in [0.15, 0.2) is 0 Å². The number of carbonyl (C=O) groups excluding carboxylic acids is 4. The molecule has 0 saturated carbocycles. The van der Waals surface area contributed by atoms with E-state index in [4.69, 9.17) is 0 Å². The Morgan fingerprint density at radius 3 is 1.88 bits per heavy atom. The molecule has 0 aliphatic carbocycles. The number of likely N-dealkylation sites (N-methyl/N-ethyl adjacent to an activating group) is 1. The quantitative estimate of drug-likeness (QED) is 0.651. The smallest absolute Gasteiger partial charge is 0.226 e. The minimum atomic E-state index is -0.771. The van der Waals surface area contributed by atoms with Gasteiger partial charge in [-0.05, 0) is 6.42 Å². The third-order valence-electron chi connectivity index (χ3n) is 4.31. The maximum Gasteiger partial charge on any atom is 0.226 e. The van der Waals surface area contributed by atoms with E-state index in [9.17, 15) is 19.2 Å². The third-order valence-corrected chi connectivity index (χ3v) is 4.31. The van der Waals surface area contributed by atoms with Crippen LogP contribution < -0.4 is 5.32 Å². The van der Waals surface area contributed by atoms with Crippen LogP contribution in [0, 0.1) is 23.2 Å². The molecule has 0 aromatic rings. The molecule has 0 bridgehead atoms. The highest BCUT2D eigenvalue weighted by atomic mass is 16.2. The van der Waals surface area contributed by atoms with Gasteiger partial charge in [0, 0.05) is 30.2 Å². The van der Waals surface area contributed by atoms with E-state index >= 15 is 0 Å². The van der Waals surface area contributed by atoms with E-state index in [0.717, 1.165) is 0 Å². The van der Waals surface area contributed by atoms with Crippen LogP contribution in [-0.4, -0.2) is 48.4 Å². The molecule has 1 N–H and O–H groups in total. The molecule has 1 unspecified atom stereocenters. The molecular weight excluding hydrogens is 320 g/mol. The number of nitrogens with zero attached hydrogens (tertiary/aromatic N) is 1. The standard InChI is InChI=1S/C19H34N2O4/c1-12(2)15(22)10-20-18(25)19(6,7)9-14(5)16(23)11-21(8)17(24)13(3)4/h12-14H,9-11H2,1-8H3,(H,20,25). The molecule has 0 aliphatic rings. The second-order valence-electron chi connectivity index (χ2n) is 8.11. The molecule has 25 heavy (non-hydrogen) atoms. The molecule has 0 spiro atoms. The van der Waals surface area contributed by atoms with Crippen molar-refractivity contribution < 1.29 is 19.2 Å². The van der Waals surface area contributed by atoms with Crippen molar-refractivity contribution in [3.8, 4) is 0 Å². The van der Waals surface area contributed by atoms with Gasteiger partial charge in [-0.3, -0.25) is 19.2 Å². The lowest BCUT2D eigenvalue weighted by Gasteiger charge is -2.27. The first kappa shape index (κ1) is 23.3. The first-order chi connectivity index (χ1) is 11.3. The topological polar surface area (TPSA) is 83.6 Å². The summed E-state index contributed by atoms with van der Waals surface area (Å²) < 4.78 is 0. The molecule has 6 heteroatoms. The van der Waals surface area contributed by atoms with Crippen LogP contribution in [0.2, 0.25) is 0 Å². The number of amides is 2. The first-order valence-electron chi connectivity index (χ1n) is 8.88. The van der Waals surface area contributed by atoms with Crippen molar-refractivity contribution >= 4 is 23.4 Å². The lowest BCUT2D eigenvalue weighted by atomic mass is 9.81. The lowest BCUT2D eigenvalue weighted by molar-refractivity contribution is -0.138. The van der Waals surface area contributed by atoms with Gasteiger partial charge in [-0.25, -0.2) is 0 Å². The minimum absolute atomic E-state index is 0.00782. The highest BCUT2D eigenvalue weighted by Crippen LogP contribution is 2.26. The van der Waals surface area contributed by atoms with E-state index in [1.807, 2.05) is 0 Å². The van der Waals surface area contributed by atoms with Crippen LogP contribution >= 0.6 is 0 Å². The van der Waals surface area contributed by atoms with Crippen LogP contribution in [0.25, 0.3) is 0 Å². The van der Waals surface area contributed by atoms with Crippen LogP contribution in [-0.2, 0) is 19.2 Å². The second kappa shape index (κ2) is 9.68. The summed E-state index contributed by atoms with van der Waals surface area (Å²) in [6.45, 7) is 12.5. The first-order valence-corrected chi connectivity index (χ1v) is 8.88. The van der Waals surface area contributed by atoms with Crippen molar-refractivity contribution in [2.75, 3.05) is 20.1 Å². The normalized spacial score (nSPS) is 12.9. The molecule has 144 valence electrons. The Morgan fingerprint density at radius 2 is 1.44 bits per heavy atom. The van der Waals surface area contributed by atoms with Gasteiger partial charge in [0.2, 0.25) is 11.8 Å². The van der Waals surface area contributed by atoms with Crippen LogP contribution in [0.4, 0.5) is 0 Å². The average Bonchev–Trinajstić information content (AvgIpc) is 2.50. The highest BCUT2D eigenvalue weighted by molar-refractivity contribution is 5.91.